The molecule has 0 unspecified atom stereocenters. The van der Waals surface area contributed by atoms with E-state index in [1.165, 1.54) is 11.5 Å². The smallest absolute Gasteiger partial charge is 0.329 e. The predicted molar refractivity (Wildman–Crippen MR) is 99.6 cm³/mol. The molecule has 1 N–H and O–H groups in total. The maximum atomic E-state index is 12.6. The van der Waals surface area contributed by atoms with Gasteiger partial charge in [0.15, 0.2) is 12.4 Å². The molecule has 0 bridgehead atoms. The second-order valence-electron chi connectivity index (χ2n) is 6.20. The van der Waals surface area contributed by atoms with Crippen molar-refractivity contribution in [1.82, 2.24) is 9.13 Å². The maximum Gasteiger partial charge on any atom is 0.329 e. The van der Waals surface area contributed by atoms with E-state index in [0.717, 1.165) is 17.5 Å². The van der Waals surface area contributed by atoms with E-state index in [1.807, 2.05) is 31.2 Å². The lowest BCUT2D eigenvalue weighted by Crippen LogP contribution is -2.27. The van der Waals surface area contributed by atoms with E-state index in [4.69, 9.17) is 15.4 Å². The average molecular weight is 370 g/mol. The molecule has 1 atom stereocenters. The fraction of sp³-hybridized carbons (Fsp3) is 0.421. The van der Waals surface area contributed by atoms with Gasteiger partial charge in [-0.25, -0.2) is 4.79 Å². The zero-order valence-electron chi connectivity index (χ0n) is 15.4. The molecule has 0 aliphatic rings. The standard InChI is InChI=1S/C19H22N4O4/c1-3-9-22-15-6-4-5-7-16(15)23(19(22)26)10-8-18(25)27-12-17(24)14(11-20)13(2)21/h4-7,14,21H,3,8-10,12H2,1-2H3/t14-/m1/s1. The second kappa shape index (κ2) is 8.94. The summed E-state index contributed by atoms with van der Waals surface area (Å²) < 4.78 is 8.10. The highest BCUT2D eigenvalue weighted by atomic mass is 16.5. The van der Waals surface area contributed by atoms with Crippen LogP contribution < -0.4 is 5.69 Å². The van der Waals surface area contributed by atoms with Gasteiger partial charge in [0.1, 0.15) is 5.92 Å². The third-order valence-corrected chi connectivity index (χ3v) is 4.17. The van der Waals surface area contributed by atoms with Gasteiger partial charge in [-0.2, -0.15) is 5.26 Å². The largest absolute Gasteiger partial charge is 0.458 e. The van der Waals surface area contributed by atoms with Crippen LogP contribution in [-0.4, -0.2) is 33.2 Å². The van der Waals surface area contributed by atoms with Crippen LogP contribution >= 0.6 is 0 Å². The summed E-state index contributed by atoms with van der Waals surface area (Å²) in [4.78, 5) is 36.4. The summed E-state index contributed by atoms with van der Waals surface area (Å²) in [5.41, 5.74) is 1.27. The Balaban J connectivity index is 2.05. The molecule has 0 saturated heterocycles. The first kappa shape index (κ1) is 20.1. The molecule has 0 aliphatic heterocycles. The van der Waals surface area contributed by atoms with E-state index in [-0.39, 0.29) is 24.4 Å². The summed E-state index contributed by atoms with van der Waals surface area (Å²) in [5.74, 6) is -2.47. The van der Waals surface area contributed by atoms with Crippen LogP contribution in [-0.2, 0) is 27.4 Å². The van der Waals surface area contributed by atoms with Crippen molar-refractivity contribution in [2.45, 2.75) is 39.8 Å². The van der Waals surface area contributed by atoms with Crippen LogP contribution in [0.3, 0.4) is 0 Å². The number of carbonyl (C=O) groups is 2. The number of imidazole rings is 1. The van der Waals surface area contributed by atoms with Crippen molar-refractivity contribution in [2.24, 2.45) is 5.92 Å². The molecular formula is C19H22N4O4. The molecule has 0 spiro atoms. The van der Waals surface area contributed by atoms with Crippen molar-refractivity contribution >= 4 is 28.5 Å². The van der Waals surface area contributed by atoms with Crippen LogP contribution in [0, 0.1) is 22.7 Å². The van der Waals surface area contributed by atoms with Gasteiger partial charge in [0.25, 0.3) is 0 Å². The second-order valence-corrected chi connectivity index (χ2v) is 6.20. The summed E-state index contributed by atoms with van der Waals surface area (Å²) in [6.45, 7) is 3.50. The van der Waals surface area contributed by atoms with E-state index in [0.29, 0.717) is 6.54 Å². The number of esters is 1. The molecule has 1 aromatic carbocycles. The summed E-state index contributed by atoms with van der Waals surface area (Å²) in [6.07, 6.45) is 0.735. The molecule has 27 heavy (non-hydrogen) atoms. The van der Waals surface area contributed by atoms with E-state index in [1.54, 1.807) is 10.6 Å². The molecule has 0 fully saturated rings. The Morgan fingerprint density at radius 2 is 1.81 bits per heavy atom. The summed E-state index contributed by atoms with van der Waals surface area (Å²) >= 11 is 0. The van der Waals surface area contributed by atoms with Crippen LogP contribution in [0.15, 0.2) is 29.1 Å². The fourth-order valence-corrected chi connectivity index (χ4v) is 2.85. The van der Waals surface area contributed by atoms with E-state index >= 15 is 0 Å². The molecule has 0 amide bonds. The Hall–Kier alpha value is -3.21. The number of Topliss-reactive ketones (excluding diaryl/α,β-unsaturated/α-hetero) is 1. The number of nitriles is 1. The van der Waals surface area contributed by atoms with Crippen LogP contribution in [0.5, 0.6) is 0 Å². The number of hydrogen-bond donors (Lipinski definition) is 1. The molecular weight excluding hydrogens is 348 g/mol. The van der Waals surface area contributed by atoms with Gasteiger partial charge < -0.3 is 10.1 Å². The van der Waals surface area contributed by atoms with Crippen molar-refractivity contribution in [2.75, 3.05) is 6.61 Å². The molecule has 2 aromatic rings. The quantitative estimate of drug-likeness (QED) is 0.534. The van der Waals surface area contributed by atoms with Gasteiger partial charge in [-0.1, -0.05) is 19.1 Å². The zero-order chi connectivity index (χ0) is 20.0. The number of nitrogens with zero attached hydrogens (tertiary/aromatic N) is 3. The Labute approximate surface area is 156 Å². The number of hydrogen-bond acceptors (Lipinski definition) is 6. The summed E-state index contributed by atoms with van der Waals surface area (Å²) in [5, 5.41) is 16.2. The molecule has 0 aliphatic carbocycles. The molecule has 8 nitrogen and oxygen atoms in total. The molecule has 1 heterocycles. The zero-order valence-corrected chi connectivity index (χ0v) is 15.4. The lowest BCUT2D eigenvalue weighted by Gasteiger charge is -2.08. The molecule has 142 valence electrons. The highest BCUT2D eigenvalue weighted by molar-refractivity contribution is 6.05. The van der Waals surface area contributed by atoms with Crippen molar-refractivity contribution in [3.05, 3.63) is 34.7 Å². The van der Waals surface area contributed by atoms with Crippen molar-refractivity contribution in [3.8, 4) is 6.07 Å². The number of fused-ring (bicyclic) bond motifs is 1. The van der Waals surface area contributed by atoms with E-state index in [2.05, 4.69) is 0 Å². The third kappa shape index (κ3) is 4.50. The first-order valence-corrected chi connectivity index (χ1v) is 8.71. The number of ether oxygens (including phenoxy) is 1. The minimum atomic E-state index is -1.20. The first-order chi connectivity index (χ1) is 12.9. The number of benzene rings is 1. The highest BCUT2D eigenvalue weighted by Gasteiger charge is 2.21. The highest BCUT2D eigenvalue weighted by Crippen LogP contribution is 2.13. The van der Waals surface area contributed by atoms with Crippen molar-refractivity contribution in [3.63, 3.8) is 0 Å². The lowest BCUT2D eigenvalue weighted by molar-refractivity contribution is -0.148. The number of carbonyl (C=O) groups excluding carboxylic acids is 2. The number of ketones is 1. The van der Waals surface area contributed by atoms with Gasteiger partial charge in [-0.05, 0) is 25.5 Å². The topological polar surface area (TPSA) is 118 Å². The SMILES string of the molecule is CCCn1c(=O)n(CCC(=O)OCC(=O)[C@H](C#N)C(C)=N)c2ccccc21. The predicted octanol–water partition coefficient (Wildman–Crippen LogP) is 1.89. The lowest BCUT2D eigenvalue weighted by atomic mass is 10.0. The van der Waals surface area contributed by atoms with Gasteiger partial charge >= 0.3 is 11.7 Å². The molecule has 0 saturated carbocycles. The van der Waals surface area contributed by atoms with Crippen LogP contribution in [0.25, 0.3) is 11.0 Å². The van der Waals surface area contributed by atoms with Gasteiger partial charge in [-0.15, -0.1) is 0 Å². The van der Waals surface area contributed by atoms with Crippen molar-refractivity contribution in [1.29, 1.82) is 10.7 Å². The van der Waals surface area contributed by atoms with Gasteiger partial charge in [0.05, 0.1) is 23.5 Å². The third-order valence-electron chi connectivity index (χ3n) is 4.17. The Bertz CT molecular complexity index is 964. The minimum Gasteiger partial charge on any atom is -0.458 e. The number of aromatic nitrogens is 2. The molecule has 1 aromatic heterocycles. The van der Waals surface area contributed by atoms with Gasteiger partial charge in [0.2, 0.25) is 0 Å². The molecule has 2 rings (SSSR count). The molecule has 0 radical (unpaired) electrons. The molecule has 8 heteroatoms. The van der Waals surface area contributed by atoms with Crippen LogP contribution in [0.1, 0.15) is 26.7 Å². The number of rotatable bonds is 9. The van der Waals surface area contributed by atoms with Crippen LogP contribution in [0.2, 0.25) is 0 Å². The fourth-order valence-electron chi connectivity index (χ4n) is 2.85. The Morgan fingerprint density at radius 1 is 1.22 bits per heavy atom. The summed E-state index contributed by atoms with van der Waals surface area (Å²) in [6, 6.07) is 9.08. The maximum absolute atomic E-state index is 12.6. The normalized spacial score (nSPS) is 11.7. The van der Waals surface area contributed by atoms with Crippen LogP contribution in [0.4, 0.5) is 0 Å². The first-order valence-electron chi connectivity index (χ1n) is 8.71. The average Bonchev–Trinajstić information content (AvgIpc) is 2.90. The van der Waals surface area contributed by atoms with E-state index in [9.17, 15) is 14.4 Å². The number of aryl methyl sites for hydroxylation is 2. The Morgan fingerprint density at radius 3 is 2.33 bits per heavy atom. The monoisotopic (exact) mass is 370 g/mol. The van der Waals surface area contributed by atoms with Crippen molar-refractivity contribution < 1.29 is 14.3 Å². The van der Waals surface area contributed by atoms with E-state index < -0.39 is 24.3 Å². The van der Waals surface area contributed by atoms with Gasteiger partial charge in [0, 0.05) is 18.8 Å². The number of nitrogens with one attached hydrogen (secondary N) is 1. The van der Waals surface area contributed by atoms with Gasteiger partial charge in [-0.3, -0.25) is 18.7 Å². The Kier molecular flexibility index (Phi) is 6.66. The summed E-state index contributed by atoms with van der Waals surface area (Å²) in [7, 11) is 0. The minimum absolute atomic E-state index is 0.0753. The number of para-hydroxylation sites is 2.